The van der Waals surface area contributed by atoms with Crippen LogP contribution in [0.25, 0.3) is 0 Å². The van der Waals surface area contributed by atoms with Crippen LogP contribution >= 0.6 is 0 Å². The number of carbonyl (C=O) groups is 1. The maximum atomic E-state index is 11.4. The van der Waals surface area contributed by atoms with Crippen LogP contribution in [0.2, 0.25) is 0 Å². The summed E-state index contributed by atoms with van der Waals surface area (Å²) in [5.74, 6) is -0.0400. The van der Waals surface area contributed by atoms with Gasteiger partial charge in [-0.1, -0.05) is 0 Å². The third-order valence-electron chi connectivity index (χ3n) is 1.74. The molecule has 0 aliphatic rings. The van der Waals surface area contributed by atoms with Crippen LogP contribution in [0, 0.1) is 0 Å². The largest absolute Gasteiger partial charge is 0.383 e. The molecule has 72 valence electrons. The quantitative estimate of drug-likeness (QED) is 0.629. The van der Waals surface area contributed by atoms with E-state index in [1.165, 1.54) is 7.11 Å². The van der Waals surface area contributed by atoms with E-state index in [-0.39, 0.29) is 12.5 Å². The molecule has 12 heavy (non-hydrogen) atoms. The lowest BCUT2D eigenvalue weighted by molar-refractivity contribution is -0.133. The molecule has 1 unspecified atom stereocenters. The fraction of sp³-hybridized carbons (Fsp3) is 0.875. The highest BCUT2D eigenvalue weighted by molar-refractivity contribution is 5.81. The van der Waals surface area contributed by atoms with E-state index < -0.39 is 6.04 Å². The van der Waals surface area contributed by atoms with Crippen LogP contribution in [0.1, 0.15) is 13.8 Å². The minimum Gasteiger partial charge on any atom is -0.383 e. The van der Waals surface area contributed by atoms with Crippen LogP contribution in [0.5, 0.6) is 0 Å². The number of hydrogen-bond acceptors (Lipinski definition) is 3. The average Bonchev–Trinajstić information content (AvgIpc) is 2.07. The zero-order valence-electron chi connectivity index (χ0n) is 8.04. The van der Waals surface area contributed by atoms with Crippen LogP contribution < -0.4 is 5.73 Å². The van der Waals surface area contributed by atoms with Gasteiger partial charge in [-0.15, -0.1) is 0 Å². The molecule has 0 aromatic heterocycles. The minimum atomic E-state index is -0.519. The Morgan fingerprint density at radius 1 is 1.50 bits per heavy atom. The van der Waals surface area contributed by atoms with Gasteiger partial charge in [0.05, 0.1) is 6.61 Å². The van der Waals surface area contributed by atoms with Gasteiger partial charge >= 0.3 is 0 Å². The number of nitrogens with two attached hydrogens (primary N) is 1. The molecule has 2 N–H and O–H groups in total. The van der Waals surface area contributed by atoms with E-state index >= 15 is 0 Å². The van der Waals surface area contributed by atoms with Crippen molar-refractivity contribution in [1.29, 1.82) is 0 Å². The Morgan fingerprint density at radius 2 is 2.00 bits per heavy atom. The molecule has 0 aromatic carbocycles. The number of likely N-dealkylation sites (N-methyl/N-ethyl adjacent to an activating group) is 1. The summed E-state index contributed by atoms with van der Waals surface area (Å²) in [5, 5.41) is 0. The fourth-order valence-corrected chi connectivity index (χ4v) is 1.02. The Kier molecular flexibility index (Phi) is 5.66. The molecular formula is C8H18N2O2. The van der Waals surface area contributed by atoms with Crippen LogP contribution in [0.3, 0.4) is 0 Å². The van der Waals surface area contributed by atoms with Gasteiger partial charge in [-0.25, -0.2) is 0 Å². The molecule has 0 rings (SSSR count). The van der Waals surface area contributed by atoms with Crippen molar-refractivity contribution in [1.82, 2.24) is 4.90 Å². The second-order valence-electron chi connectivity index (χ2n) is 2.57. The maximum Gasteiger partial charge on any atom is 0.241 e. The smallest absolute Gasteiger partial charge is 0.241 e. The average molecular weight is 174 g/mol. The van der Waals surface area contributed by atoms with E-state index in [0.717, 1.165) is 0 Å². The number of amides is 1. The molecule has 0 fully saturated rings. The predicted octanol–water partition coefficient (Wildman–Crippen LogP) is -0.171. The normalized spacial score (nSPS) is 12.7. The first kappa shape index (κ1) is 11.4. The summed E-state index contributed by atoms with van der Waals surface area (Å²) >= 11 is 0. The first-order valence-corrected chi connectivity index (χ1v) is 4.20. The number of hydrogen-bond donors (Lipinski definition) is 1. The summed E-state index contributed by atoms with van der Waals surface area (Å²) in [5.41, 5.74) is 5.56. The van der Waals surface area contributed by atoms with Gasteiger partial charge in [0.15, 0.2) is 0 Å². The van der Waals surface area contributed by atoms with Crippen LogP contribution in [0.4, 0.5) is 0 Å². The van der Waals surface area contributed by atoms with Crippen molar-refractivity contribution in [3.05, 3.63) is 0 Å². The highest BCUT2D eigenvalue weighted by Crippen LogP contribution is 1.93. The number of nitrogens with zero attached hydrogens (tertiary/aromatic N) is 1. The topological polar surface area (TPSA) is 55.6 Å². The summed E-state index contributed by atoms with van der Waals surface area (Å²) in [7, 11) is 1.54. The van der Waals surface area contributed by atoms with Crippen LogP contribution in [-0.4, -0.2) is 43.7 Å². The Bertz CT molecular complexity index is 135. The molecule has 4 heteroatoms. The van der Waals surface area contributed by atoms with Gasteiger partial charge in [-0.05, 0) is 13.8 Å². The molecule has 0 aliphatic heterocycles. The SMILES string of the molecule is CCN(CC)C(=O)C(N)COC. The third kappa shape index (κ3) is 3.19. The molecule has 0 heterocycles. The second kappa shape index (κ2) is 5.97. The van der Waals surface area contributed by atoms with Gasteiger partial charge in [0.25, 0.3) is 0 Å². The van der Waals surface area contributed by atoms with Crippen molar-refractivity contribution in [2.75, 3.05) is 26.8 Å². The number of rotatable bonds is 5. The van der Waals surface area contributed by atoms with Crippen molar-refractivity contribution in [3.8, 4) is 0 Å². The molecular weight excluding hydrogens is 156 g/mol. The predicted molar refractivity (Wildman–Crippen MR) is 47.8 cm³/mol. The lowest BCUT2D eigenvalue weighted by Crippen LogP contribution is -2.45. The Morgan fingerprint density at radius 3 is 2.33 bits per heavy atom. The molecule has 0 spiro atoms. The second-order valence-corrected chi connectivity index (χ2v) is 2.57. The summed E-state index contributed by atoms with van der Waals surface area (Å²) < 4.78 is 4.79. The number of ether oxygens (including phenoxy) is 1. The van der Waals surface area contributed by atoms with Crippen LogP contribution in [-0.2, 0) is 9.53 Å². The molecule has 0 saturated carbocycles. The zero-order valence-corrected chi connectivity index (χ0v) is 8.04. The van der Waals surface area contributed by atoms with E-state index in [1.54, 1.807) is 4.90 Å². The molecule has 0 bridgehead atoms. The zero-order chi connectivity index (χ0) is 9.56. The molecule has 1 amide bonds. The molecule has 0 saturated heterocycles. The van der Waals surface area contributed by atoms with Gasteiger partial charge in [0, 0.05) is 20.2 Å². The van der Waals surface area contributed by atoms with Gasteiger partial charge in [-0.2, -0.15) is 0 Å². The van der Waals surface area contributed by atoms with Gasteiger partial charge < -0.3 is 15.4 Å². The lowest BCUT2D eigenvalue weighted by atomic mass is 10.3. The Labute approximate surface area is 73.7 Å². The van der Waals surface area contributed by atoms with Crippen molar-refractivity contribution in [2.24, 2.45) is 5.73 Å². The highest BCUT2D eigenvalue weighted by atomic mass is 16.5. The molecule has 0 aromatic rings. The van der Waals surface area contributed by atoms with Crippen molar-refractivity contribution < 1.29 is 9.53 Å². The molecule has 0 radical (unpaired) electrons. The van der Waals surface area contributed by atoms with Crippen molar-refractivity contribution >= 4 is 5.91 Å². The highest BCUT2D eigenvalue weighted by Gasteiger charge is 2.17. The van der Waals surface area contributed by atoms with Crippen molar-refractivity contribution in [3.63, 3.8) is 0 Å². The standard InChI is InChI=1S/C8H18N2O2/c1-4-10(5-2)8(11)7(9)6-12-3/h7H,4-6,9H2,1-3H3. The fourth-order valence-electron chi connectivity index (χ4n) is 1.02. The minimum absolute atomic E-state index is 0.0400. The Balaban J connectivity index is 3.97. The molecule has 4 nitrogen and oxygen atoms in total. The summed E-state index contributed by atoms with van der Waals surface area (Å²) in [4.78, 5) is 13.1. The first-order valence-electron chi connectivity index (χ1n) is 4.20. The summed E-state index contributed by atoms with van der Waals surface area (Å²) in [6.45, 7) is 5.55. The van der Waals surface area contributed by atoms with Gasteiger partial charge in [-0.3, -0.25) is 4.79 Å². The van der Waals surface area contributed by atoms with Crippen molar-refractivity contribution in [2.45, 2.75) is 19.9 Å². The van der Waals surface area contributed by atoms with Crippen LogP contribution in [0.15, 0.2) is 0 Å². The van der Waals surface area contributed by atoms with Gasteiger partial charge in [0.1, 0.15) is 6.04 Å². The van der Waals surface area contributed by atoms with E-state index in [9.17, 15) is 4.79 Å². The lowest BCUT2D eigenvalue weighted by Gasteiger charge is -2.22. The van der Waals surface area contributed by atoms with E-state index in [4.69, 9.17) is 10.5 Å². The summed E-state index contributed by atoms with van der Waals surface area (Å²) in [6, 6.07) is -0.519. The van der Waals surface area contributed by atoms with Gasteiger partial charge in [0.2, 0.25) is 5.91 Å². The van der Waals surface area contributed by atoms with E-state index in [1.807, 2.05) is 13.8 Å². The molecule has 0 aliphatic carbocycles. The van der Waals surface area contributed by atoms with E-state index in [2.05, 4.69) is 0 Å². The Hall–Kier alpha value is -0.610. The molecule has 1 atom stereocenters. The third-order valence-corrected chi connectivity index (χ3v) is 1.74. The number of methoxy groups -OCH3 is 1. The first-order chi connectivity index (χ1) is 5.67. The maximum absolute atomic E-state index is 11.4. The van der Waals surface area contributed by atoms with E-state index in [0.29, 0.717) is 13.1 Å². The number of carbonyl (C=O) groups excluding carboxylic acids is 1. The summed E-state index contributed by atoms with van der Waals surface area (Å²) in [6.07, 6.45) is 0. The monoisotopic (exact) mass is 174 g/mol.